The standard InChI is InChI=1S/C19H17ClN4O/c20-17-7-2-1-5-15(17)12-24-19(25)14-8-10-22-18(11-14)23-13-16-6-3-4-9-21-16/h1-11H,12-13H2,(H,22,23)(H,24,25). The molecule has 0 bridgehead atoms. The summed E-state index contributed by atoms with van der Waals surface area (Å²) in [5.41, 5.74) is 2.31. The molecule has 0 unspecified atom stereocenters. The van der Waals surface area contributed by atoms with E-state index in [0.29, 0.717) is 29.5 Å². The lowest BCUT2D eigenvalue weighted by Crippen LogP contribution is -2.23. The number of hydrogen-bond donors (Lipinski definition) is 2. The summed E-state index contributed by atoms with van der Waals surface area (Å²) in [5, 5.41) is 6.66. The molecule has 2 N–H and O–H groups in total. The van der Waals surface area contributed by atoms with Crippen molar-refractivity contribution in [2.24, 2.45) is 0 Å². The van der Waals surface area contributed by atoms with Crippen molar-refractivity contribution < 1.29 is 4.79 Å². The number of hydrogen-bond acceptors (Lipinski definition) is 4. The number of carbonyl (C=O) groups excluding carboxylic acids is 1. The van der Waals surface area contributed by atoms with Crippen LogP contribution in [0.1, 0.15) is 21.6 Å². The summed E-state index contributed by atoms with van der Waals surface area (Å²) < 4.78 is 0. The van der Waals surface area contributed by atoms with Crippen LogP contribution in [0.2, 0.25) is 5.02 Å². The number of nitrogens with one attached hydrogen (secondary N) is 2. The third kappa shape index (κ3) is 4.78. The van der Waals surface area contributed by atoms with E-state index in [1.807, 2.05) is 36.4 Å². The summed E-state index contributed by atoms with van der Waals surface area (Å²) in [6.07, 6.45) is 3.34. The third-order valence-electron chi connectivity index (χ3n) is 3.60. The van der Waals surface area contributed by atoms with Crippen LogP contribution in [0.3, 0.4) is 0 Å². The Bertz CT molecular complexity index is 855. The Kier molecular flexibility index (Phi) is 5.59. The molecule has 0 spiro atoms. The second kappa shape index (κ2) is 8.26. The van der Waals surface area contributed by atoms with E-state index < -0.39 is 0 Å². The Balaban J connectivity index is 1.60. The summed E-state index contributed by atoms with van der Waals surface area (Å²) in [7, 11) is 0. The predicted molar refractivity (Wildman–Crippen MR) is 98.4 cm³/mol. The Labute approximate surface area is 151 Å². The summed E-state index contributed by atoms with van der Waals surface area (Å²) in [5.74, 6) is 0.444. The van der Waals surface area contributed by atoms with Gasteiger partial charge >= 0.3 is 0 Å². The molecule has 1 aromatic carbocycles. The monoisotopic (exact) mass is 352 g/mol. The highest BCUT2D eigenvalue weighted by molar-refractivity contribution is 6.31. The van der Waals surface area contributed by atoms with Crippen LogP contribution in [0.4, 0.5) is 5.82 Å². The Hall–Kier alpha value is -2.92. The Morgan fingerprint density at radius 3 is 2.60 bits per heavy atom. The van der Waals surface area contributed by atoms with E-state index in [4.69, 9.17) is 11.6 Å². The molecule has 3 rings (SSSR count). The van der Waals surface area contributed by atoms with Gasteiger partial charge in [-0.3, -0.25) is 9.78 Å². The van der Waals surface area contributed by atoms with Crippen molar-refractivity contribution in [1.82, 2.24) is 15.3 Å². The molecule has 0 aliphatic carbocycles. The van der Waals surface area contributed by atoms with Crippen LogP contribution < -0.4 is 10.6 Å². The third-order valence-corrected chi connectivity index (χ3v) is 3.96. The quantitative estimate of drug-likeness (QED) is 0.710. The molecule has 3 aromatic rings. The number of halogens is 1. The van der Waals surface area contributed by atoms with E-state index >= 15 is 0 Å². The van der Waals surface area contributed by atoms with Gasteiger partial charge in [0.25, 0.3) is 5.91 Å². The predicted octanol–water partition coefficient (Wildman–Crippen LogP) is 3.67. The molecule has 2 heterocycles. The number of benzene rings is 1. The van der Waals surface area contributed by atoms with Crippen molar-refractivity contribution in [2.45, 2.75) is 13.1 Å². The maximum atomic E-state index is 12.3. The highest BCUT2D eigenvalue weighted by atomic mass is 35.5. The fourth-order valence-electron chi connectivity index (χ4n) is 2.27. The molecule has 0 fully saturated rings. The zero-order valence-electron chi connectivity index (χ0n) is 13.4. The normalized spacial score (nSPS) is 10.3. The fourth-order valence-corrected chi connectivity index (χ4v) is 2.47. The Morgan fingerprint density at radius 2 is 1.80 bits per heavy atom. The lowest BCUT2D eigenvalue weighted by atomic mass is 10.2. The van der Waals surface area contributed by atoms with Crippen LogP contribution in [-0.2, 0) is 13.1 Å². The average Bonchev–Trinajstić information content (AvgIpc) is 2.66. The van der Waals surface area contributed by atoms with E-state index in [1.54, 1.807) is 30.6 Å². The number of anilines is 1. The smallest absolute Gasteiger partial charge is 0.251 e. The molecule has 2 aromatic heterocycles. The van der Waals surface area contributed by atoms with Gasteiger partial charge in [0.1, 0.15) is 5.82 Å². The SMILES string of the molecule is O=C(NCc1ccccc1Cl)c1ccnc(NCc2ccccn2)c1. The van der Waals surface area contributed by atoms with Crippen LogP contribution in [0.25, 0.3) is 0 Å². The summed E-state index contributed by atoms with van der Waals surface area (Å²) >= 11 is 6.10. The molecular formula is C19H17ClN4O. The molecule has 0 saturated carbocycles. The summed E-state index contributed by atoms with van der Waals surface area (Å²) in [6, 6.07) is 16.5. The Morgan fingerprint density at radius 1 is 0.960 bits per heavy atom. The van der Waals surface area contributed by atoms with Crippen LogP contribution in [-0.4, -0.2) is 15.9 Å². The topological polar surface area (TPSA) is 66.9 Å². The molecule has 0 aliphatic heterocycles. The fraction of sp³-hybridized carbons (Fsp3) is 0.105. The van der Waals surface area contributed by atoms with Gasteiger partial charge in [-0.25, -0.2) is 4.98 Å². The second-order valence-corrected chi connectivity index (χ2v) is 5.79. The maximum absolute atomic E-state index is 12.3. The molecule has 6 heteroatoms. The molecular weight excluding hydrogens is 336 g/mol. The molecule has 1 amide bonds. The maximum Gasteiger partial charge on any atom is 0.251 e. The molecule has 25 heavy (non-hydrogen) atoms. The van der Waals surface area contributed by atoms with Gasteiger partial charge in [0, 0.05) is 29.5 Å². The number of amides is 1. The first-order chi connectivity index (χ1) is 12.2. The van der Waals surface area contributed by atoms with E-state index in [-0.39, 0.29) is 5.91 Å². The van der Waals surface area contributed by atoms with Crippen molar-refractivity contribution in [3.8, 4) is 0 Å². The first-order valence-corrected chi connectivity index (χ1v) is 8.21. The minimum Gasteiger partial charge on any atom is -0.364 e. The van der Waals surface area contributed by atoms with Crippen molar-refractivity contribution in [2.75, 3.05) is 5.32 Å². The highest BCUT2D eigenvalue weighted by Crippen LogP contribution is 2.15. The van der Waals surface area contributed by atoms with E-state index in [1.165, 1.54) is 0 Å². The lowest BCUT2D eigenvalue weighted by molar-refractivity contribution is 0.0951. The number of carbonyl (C=O) groups is 1. The van der Waals surface area contributed by atoms with Gasteiger partial charge < -0.3 is 10.6 Å². The first-order valence-electron chi connectivity index (χ1n) is 7.84. The molecule has 0 radical (unpaired) electrons. The summed E-state index contributed by atoms with van der Waals surface area (Å²) in [4.78, 5) is 20.8. The van der Waals surface area contributed by atoms with Crippen LogP contribution >= 0.6 is 11.6 Å². The molecule has 5 nitrogen and oxygen atoms in total. The molecule has 126 valence electrons. The first kappa shape index (κ1) is 16.9. The zero-order chi connectivity index (χ0) is 17.5. The lowest BCUT2D eigenvalue weighted by Gasteiger charge is -2.09. The van der Waals surface area contributed by atoms with Crippen molar-refractivity contribution in [1.29, 1.82) is 0 Å². The van der Waals surface area contributed by atoms with Gasteiger partial charge in [-0.05, 0) is 35.9 Å². The largest absolute Gasteiger partial charge is 0.364 e. The second-order valence-electron chi connectivity index (χ2n) is 5.38. The van der Waals surface area contributed by atoms with Crippen molar-refractivity contribution >= 4 is 23.3 Å². The van der Waals surface area contributed by atoms with Gasteiger partial charge in [0.2, 0.25) is 0 Å². The number of aromatic nitrogens is 2. The minimum absolute atomic E-state index is 0.178. The summed E-state index contributed by atoms with van der Waals surface area (Å²) in [6.45, 7) is 0.913. The molecule has 0 saturated heterocycles. The molecule has 0 aliphatic rings. The highest BCUT2D eigenvalue weighted by Gasteiger charge is 2.08. The van der Waals surface area contributed by atoms with Crippen LogP contribution in [0.15, 0.2) is 67.0 Å². The zero-order valence-corrected chi connectivity index (χ0v) is 14.2. The van der Waals surface area contributed by atoms with E-state index in [2.05, 4.69) is 20.6 Å². The van der Waals surface area contributed by atoms with Gasteiger partial charge in [-0.15, -0.1) is 0 Å². The van der Waals surface area contributed by atoms with Gasteiger partial charge in [-0.1, -0.05) is 35.9 Å². The van der Waals surface area contributed by atoms with Crippen molar-refractivity contribution in [3.05, 3.63) is 88.8 Å². The van der Waals surface area contributed by atoms with E-state index in [0.717, 1.165) is 11.3 Å². The number of nitrogens with zero attached hydrogens (tertiary/aromatic N) is 2. The van der Waals surface area contributed by atoms with E-state index in [9.17, 15) is 4.79 Å². The van der Waals surface area contributed by atoms with Gasteiger partial charge in [-0.2, -0.15) is 0 Å². The minimum atomic E-state index is -0.178. The van der Waals surface area contributed by atoms with Crippen molar-refractivity contribution in [3.63, 3.8) is 0 Å². The average molecular weight is 353 g/mol. The van der Waals surface area contributed by atoms with Gasteiger partial charge in [0.05, 0.1) is 12.2 Å². The van der Waals surface area contributed by atoms with Gasteiger partial charge in [0.15, 0.2) is 0 Å². The van der Waals surface area contributed by atoms with Crippen LogP contribution in [0.5, 0.6) is 0 Å². The van der Waals surface area contributed by atoms with Crippen LogP contribution in [0, 0.1) is 0 Å². The number of pyridine rings is 2. The number of rotatable bonds is 6. The molecule has 0 atom stereocenters.